The van der Waals surface area contributed by atoms with Gasteiger partial charge in [-0.1, -0.05) is 41.9 Å². The molecule has 0 bridgehead atoms. The summed E-state index contributed by atoms with van der Waals surface area (Å²) in [4.78, 5) is 13.5. The lowest BCUT2D eigenvalue weighted by atomic mass is 10.00. The number of quaternary nitrogens is 1. The van der Waals surface area contributed by atoms with Crippen molar-refractivity contribution in [3.05, 3.63) is 75.7 Å². The summed E-state index contributed by atoms with van der Waals surface area (Å²) in [6, 6.07) is 15.8. The van der Waals surface area contributed by atoms with Crippen LogP contribution in [0.25, 0.3) is 16.7 Å². The Morgan fingerprint density at radius 1 is 1.17 bits per heavy atom. The summed E-state index contributed by atoms with van der Waals surface area (Å²) in [5.74, 6) is -0.322. The van der Waals surface area contributed by atoms with Crippen LogP contribution in [-0.4, -0.2) is 17.7 Å². The molecule has 1 aromatic heterocycles. The molecule has 0 saturated heterocycles. The van der Waals surface area contributed by atoms with E-state index in [1.807, 2.05) is 12.1 Å². The first-order valence-corrected chi connectivity index (χ1v) is 8.45. The van der Waals surface area contributed by atoms with Crippen LogP contribution in [0.2, 0.25) is 5.02 Å². The van der Waals surface area contributed by atoms with E-state index in [1.54, 1.807) is 16.7 Å². The second kappa shape index (κ2) is 6.30. The summed E-state index contributed by atoms with van der Waals surface area (Å²) in [5, 5.41) is 0.573. The molecule has 0 aliphatic carbocycles. The van der Waals surface area contributed by atoms with Crippen molar-refractivity contribution in [2.45, 2.75) is 13.1 Å². The van der Waals surface area contributed by atoms with Crippen molar-refractivity contribution in [2.24, 2.45) is 0 Å². The summed E-state index contributed by atoms with van der Waals surface area (Å²) >= 11 is 5.96. The summed E-state index contributed by atoms with van der Waals surface area (Å²) in [5.41, 5.74) is 4.02. The van der Waals surface area contributed by atoms with E-state index >= 15 is 0 Å². The lowest BCUT2D eigenvalue weighted by Gasteiger charge is -2.23. The zero-order valence-electron chi connectivity index (χ0n) is 13.2. The number of nitrogens with zero attached hydrogens (tertiary/aromatic N) is 1. The third kappa shape index (κ3) is 2.90. The molecule has 0 spiro atoms. The Bertz CT molecular complexity index is 956. The van der Waals surface area contributed by atoms with E-state index < -0.39 is 0 Å². The number of nitrogens with one attached hydrogen (secondary N) is 1. The Kier molecular flexibility index (Phi) is 4.00. The highest BCUT2D eigenvalue weighted by atomic mass is 35.5. The SMILES string of the molecule is O=c1oc2cc(Cl)ccc2n1C[NH+]1CC=C(c2ccccc2)CC1. The van der Waals surface area contributed by atoms with E-state index in [0.29, 0.717) is 17.3 Å². The maximum absolute atomic E-state index is 12.1. The van der Waals surface area contributed by atoms with E-state index in [-0.39, 0.29) is 5.76 Å². The molecule has 0 radical (unpaired) electrons. The van der Waals surface area contributed by atoms with Gasteiger partial charge in [-0.05, 0) is 29.3 Å². The van der Waals surface area contributed by atoms with Gasteiger partial charge in [0, 0.05) is 17.5 Å². The maximum atomic E-state index is 12.1. The van der Waals surface area contributed by atoms with E-state index in [1.165, 1.54) is 16.0 Å². The van der Waals surface area contributed by atoms with Gasteiger partial charge in [0.05, 0.1) is 18.6 Å². The van der Waals surface area contributed by atoms with Gasteiger partial charge < -0.3 is 9.32 Å². The van der Waals surface area contributed by atoms with Gasteiger partial charge >= 0.3 is 5.76 Å². The largest absolute Gasteiger partial charge is 0.424 e. The monoisotopic (exact) mass is 341 g/mol. The molecule has 1 unspecified atom stereocenters. The van der Waals surface area contributed by atoms with Crippen LogP contribution in [0.1, 0.15) is 12.0 Å². The fourth-order valence-corrected chi connectivity index (χ4v) is 3.42. The van der Waals surface area contributed by atoms with Crippen molar-refractivity contribution in [2.75, 3.05) is 13.1 Å². The van der Waals surface area contributed by atoms with Crippen LogP contribution >= 0.6 is 11.6 Å². The molecule has 3 aromatic rings. The van der Waals surface area contributed by atoms with E-state index in [2.05, 4.69) is 30.3 Å². The average Bonchev–Trinajstić information content (AvgIpc) is 2.91. The topological polar surface area (TPSA) is 39.6 Å². The molecule has 1 N–H and O–H groups in total. The highest BCUT2D eigenvalue weighted by Crippen LogP contribution is 2.19. The zero-order valence-corrected chi connectivity index (χ0v) is 13.9. The number of fused-ring (bicyclic) bond motifs is 1. The molecule has 4 nitrogen and oxygen atoms in total. The van der Waals surface area contributed by atoms with Crippen LogP contribution in [0, 0.1) is 0 Å². The molecular weight excluding hydrogens is 324 g/mol. The number of aromatic nitrogens is 1. The van der Waals surface area contributed by atoms with Crippen molar-refractivity contribution < 1.29 is 9.32 Å². The first kappa shape index (κ1) is 15.2. The molecule has 4 rings (SSSR count). The van der Waals surface area contributed by atoms with Crippen molar-refractivity contribution >= 4 is 28.3 Å². The molecule has 2 aromatic carbocycles. The molecular formula is C19H18ClN2O2+. The van der Waals surface area contributed by atoms with Gasteiger partial charge in [0.15, 0.2) is 12.3 Å². The molecule has 5 heteroatoms. The minimum atomic E-state index is -0.322. The molecule has 122 valence electrons. The van der Waals surface area contributed by atoms with Crippen LogP contribution in [-0.2, 0) is 6.67 Å². The lowest BCUT2D eigenvalue weighted by molar-refractivity contribution is -0.917. The van der Waals surface area contributed by atoms with Crippen molar-refractivity contribution in [1.29, 1.82) is 0 Å². The molecule has 1 aliphatic heterocycles. The third-order valence-electron chi connectivity index (χ3n) is 4.54. The molecule has 1 atom stereocenters. The fourth-order valence-electron chi connectivity index (χ4n) is 3.25. The minimum absolute atomic E-state index is 0.322. The lowest BCUT2D eigenvalue weighted by Crippen LogP contribution is -3.11. The van der Waals surface area contributed by atoms with Gasteiger partial charge in [0.2, 0.25) is 0 Å². The van der Waals surface area contributed by atoms with Crippen molar-refractivity contribution in [1.82, 2.24) is 4.57 Å². The molecule has 0 amide bonds. The predicted molar refractivity (Wildman–Crippen MR) is 95.2 cm³/mol. The van der Waals surface area contributed by atoms with Gasteiger partial charge in [-0.25, -0.2) is 9.36 Å². The smallest absolute Gasteiger partial charge is 0.408 e. The number of hydrogen-bond acceptors (Lipinski definition) is 2. The maximum Gasteiger partial charge on any atom is 0.424 e. The normalized spacial score (nSPS) is 17.9. The number of benzene rings is 2. The highest BCUT2D eigenvalue weighted by molar-refractivity contribution is 6.31. The second-order valence-electron chi connectivity index (χ2n) is 6.12. The van der Waals surface area contributed by atoms with Crippen LogP contribution in [0.3, 0.4) is 0 Å². The quantitative estimate of drug-likeness (QED) is 0.795. The molecule has 24 heavy (non-hydrogen) atoms. The van der Waals surface area contributed by atoms with Gasteiger partial charge in [0.1, 0.15) is 0 Å². The van der Waals surface area contributed by atoms with Gasteiger partial charge in [-0.2, -0.15) is 0 Å². The summed E-state index contributed by atoms with van der Waals surface area (Å²) < 4.78 is 7.00. The van der Waals surface area contributed by atoms with Gasteiger partial charge in [-0.3, -0.25) is 0 Å². The van der Waals surface area contributed by atoms with Crippen LogP contribution in [0.5, 0.6) is 0 Å². The first-order chi connectivity index (χ1) is 11.7. The number of oxazole rings is 1. The van der Waals surface area contributed by atoms with E-state index in [9.17, 15) is 4.79 Å². The van der Waals surface area contributed by atoms with Crippen LogP contribution < -0.4 is 10.7 Å². The van der Waals surface area contributed by atoms with E-state index in [4.69, 9.17) is 16.0 Å². The summed E-state index contributed by atoms with van der Waals surface area (Å²) in [7, 11) is 0. The number of halogens is 1. The third-order valence-corrected chi connectivity index (χ3v) is 4.78. The van der Waals surface area contributed by atoms with Crippen molar-refractivity contribution in [3.63, 3.8) is 0 Å². The summed E-state index contributed by atoms with van der Waals surface area (Å²) in [6.07, 6.45) is 3.29. The standard InChI is InChI=1S/C19H17ClN2O2/c20-16-6-7-17-18(12-16)24-19(23)22(17)13-21-10-8-15(9-11-21)14-4-2-1-3-5-14/h1-8,12H,9-11,13H2/p+1. The Morgan fingerprint density at radius 3 is 2.75 bits per heavy atom. The molecule has 0 fully saturated rings. The number of rotatable bonds is 3. The molecule has 2 heterocycles. The highest BCUT2D eigenvalue weighted by Gasteiger charge is 2.19. The Balaban J connectivity index is 1.55. The Labute approximate surface area is 144 Å². The predicted octanol–water partition coefficient (Wildman–Crippen LogP) is 2.58. The Hall–Kier alpha value is -2.30. The van der Waals surface area contributed by atoms with Crippen molar-refractivity contribution in [3.8, 4) is 0 Å². The Morgan fingerprint density at radius 2 is 2.00 bits per heavy atom. The van der Waals surface area contributed by atoms with Crippen LogP contribution in [0.4, 0.5) is 0 Å². The number of hydrogen-bond donors (Lipinski definition) is 1. The average molecular weight is 342 g/mol. The summed E-state index contributed by atoms with van der Waals surface area (Å²) in [6.45, 7) is 2.50. The fraction of sp³-hybridized carbons (Fsp3) is 0.211. The second-order valence-corrected chi connectivity index (χ2v) is 6.55. The van der Waals surface area contributed by atoms with Crippen LogP contribution in [0.15, 0.2) is 63.8 Å². The minimum Gasteiger partial charge on any atom is -0.408 e. The van der Waals surface area contributed by atoms with E-state index in [0.717, 1.165) is 25.0 Å². The van der Waals surface area contributed by atoms with Gasteiger partial charge in [0.25, 0.3) is 0 Å². The zero-order chi connectivity index (χ0) is 16.5. The van der Waals surface area contributed by atoms with Gasteiger partial charge in [-0.15, -0.1) is 0 Å². The molecule has 0 saturated carbocycles. The first-order valence-electron chi connectivity index (χ1n) is 8.07. The molecule has 1 aliphatic rings.